The van der Waals surface area contributed by atoms with Crippen LogP contribution in [0, 0.1) is 11.8 Å². The smallest absolute Gasteiger partial charge is 0.0617 e. The van der Waals surface area contributed by atoms with Crippen LogP contribution in [-0.4, -0.2) is 6.21 Å². The molecule has 0 N–H and O–H groups in total. The Kier molecular flexibility index (Phi) is 4.12. The van der Waals surface area contributed by atoms with Crippen molar-refractivity contribution in [1.29, 1.82) is 0 Å². The zero-order valence-electron chi connectivity index (χ0n) is 9.75. The molecule has 1 heterocycles. The second kappa shape index (κ2) is 5.14. The van der Waals surface area contributed by atoms with Crippen LogP contribution in [0.5, 0.6) is 0 Å². The van der Waals surface area contributed by atoms with Crippen molar-refractivity contribution in [2.75, 3.05) is 0 Å². The van der Waals surface area contributed by atoms with Crippen molar-refractivity contribution in [2.24, 2.45) is 16.8 Å². The van der Waals surface area contributed by atoms with Crippen molar-refractivity contribution in [1.82, 2.24) is 0 Å². The summed E-state index contributed by atoms with van der Waals surface area (Å²) in [5.74, 6) is 1.20. The Hall–Kier alpha value is -0.850. The number of hydrogen-bond donors (Lipinski definition) is 0. The van der Waals surface area contributed by atoms with Crippen molar-refractivity contribution in [2.45, 2.75) is 40.5 Å². The first-order chi connectivity index (χ1) is 6.69. The Balaban J connectivity index is 2.83. The molecule has 0 aromatic rings. The Morgan fingerprint density at radius 3 is 2.57 bits per heavy atom. The lowest BCUT2D eigenvalue weighted by atomic mass is 9.92. The lowest BCUT2D eigenvalue weighted by molar-refractivity contribution is 0.586. The molecular formula is C13H21N. The van der Waals surface area contributed by atoms with Gasteiger partial charge in [-0.1, -0.05) is 39.8 Å². The minimum Gasteiger partial charge on any atom is -0.261 e. The highest BCUT2D eigenvalue weighted by atomic mass is 14.8. The van der Waals surface area contributed by atoms with Gasteiger partial charge in [-0.2, -0.15) is 0 Å². The first kappa shape index (κ1) is 11.2. The van der Waals surface area contributed by atoms with Crippen LogP contribution in [-0.2, 0) is 0 Å². The highest BCUT2D eigenvalue weighted by Crippen LogP contribution is 2.25. The first-order valence-electron chi connectivity index (χ1n) is 5.64. The second-order valence-corrected chi connectivity index (χ2v) is 4.04. The van der Waals surface area contributed by atoms with Gasteiger partial charge in [0.2, 0.25) is 0 Å². The van der Waals surface area contributed by atoms with E-state index in [-0.39, 0.29) is 0 Å². The van der Waals surface area contributed by atoms with Crippen molar-refractivity contribution >= 4 is 6.21 Å². The largest absolute Gasteiger partial charge is 0.261 e. The summed E-state index contributed by atoms with van der Waals surface area (Å²) in [6, 6.07) is 0. The Morgan fingerprint density at radius 1 is 1.36 bits per heavy atom. The Labute approximate surface area is 87.6 Å². The molecule has 0 aromatic carbocycles. The molecule has 0 fully saturated rings. The lowest BCUT2D eigenvalue weighted by Gasteiger charge is -2.19. The molecule has 1 nitrogen and oxygen atoms in total. The van der Waals surface area contributed by atoms with Crippen molar-refractivity contribution in [3.8, 4) is 0 Å². The number of allylic oxidation sites excluding steroid dienone is 3. The van der Waals surface area contributed by atoms with Gasteiger partial charge in [-0.15, -0.1) is 0 Å². The fraction of sp³-hybridized carbons (Fsp3) is 0.615. The summed E-state index contributed by atoms with van der Waals surface area (Å²) in [7, 11) is 0. The molecule has 1 heteroatoms. The van der Waals surface area contributed by atoms with Crippen molar-refractivity contribution < 1.29 is 0 Å². The third-order valence-corrected chi connectivity index (χ3v) is 2.86. The minimum atomic E-state index is 0.582. The maximum absolute atomic E-state index is 4.52. The van der Waals surface area contributed by atoms with Gasteiger partial charge in [-0.3, -0.25) is 4.99 Å². The quantitative estimate of drug-likeness (QED) is 0.640. The van der Waals surface area contributed by atoms with Gasteiger partial charge in [-0.05, 0) is 30.3 Å². The standard InChI is InChI=1S/C13H21N/c1-5-7-12(6-2)13-8-10(3)11(4)9-14-13/h7-11H,5-6H2,1-4H3/b12-7+. The van der Waals surface area contributed by atoms with Gasteiger partial charge in [0.15, 0.2) is 0 Å². The van der Waals surface area contributed by atoms with Crippen LogP contribution in [0.4, 0.5) is 0 Å². The topological polar surface area (TPSA) is 12.4 Å². The molecule has 0 saturated carbocycles. The summed E-state index contributed by atoms with van der Waals surface area (Å²) >= 11 is 0. The van der Waals surface area contributed by atoms with Gasteiger partial charge >= 0.3 is 0 Å². The molecule has 0 saturated heterocycles. The molecule has 2 unspecified atom stereocenters. The van der Waals surface area contributed by atoms with Crippen LogP contribution >= 0.6 is 0 Å². The van der Waals surface area contributed by atoms with Crippen LogP contribution in [0.3, 0.4) is 0 Å². The molecule has 0 spiro atoms. The highest BCUT2D eigenvalue weighted by Gasteiger charge is 2.14. The molecule has 0 aliphatic carbocycles. The van der Waals surface area contributed by atoms with Gasteiger partial charge in [-0.25, -0.2) is 0 Å². The summed E-state index contributed by atoms with van der Waals surface area (Å²) in [5, 5.41) is 0. The molecular weight excluding hydrogens is 170 g/mol. The molecule has 1 aliphatic heterocycles. The summed E-state index contributed by atoms with van der Waals surface area (Å²) in [6.45, 7) is 8.85. The van der Waals surface area contributed by atoms with Gasteiger partial charge in [0.05, 0.1) is 5.70 Å². The van der Waals surface area contributed by atoms with E-state index in [1.165, 1.54) is 11.3 Å². The van der Waals surface area contributed by atoms with E-state index in [9.17, 15) is 0 Å². The van der Waals surface area contributed by atoms with Gasteiger partial charge in [0, 0.05) is 6.21 Å². The molecule has 1 aliphatic rings. The zero-order valence-corrected chi connectivity index (χ0v) is 9.75. The van der Waals surface area contributed by atoms with Crippen LogP contribution in [0.15, 0.2) is 28.4 Å². The SMILES string of the molecule is CC/C=C(\CC)C1=CC(C)C(C)C=N1. The summed E-state index contributed by atoms with van der Waals surface area (Å²) < 4.78 is 0. The maximum Gasteiger partial charge on any atom is 0.0617 e. The molecule has 0 bridgehead atoms. The van der Waals surface area contributed by atoms with Gasteiger partial charge < -0.3 is 0 Å². The van der Waals surface area contributed by atoms with Gasteiger partial charge in [0.1, 0.15) is 0 Å². The van der Waals surface area contributed by atoms with E-state index in [1.54, 1.807) is 0 Å². The third-order valence-electron chi connectivity index (χ3n) is 2.86. The highest BCUT2D eigenvalue weighted by molar-refractivity contribution is 5.65. The second-order valence-electron chi connectivity index (χ2n) is 4.04. The van der Waals surface area contributed by atoms with E-state index >= 15 is 0 Å². The molecule has 1 rings (SSSR count). The first-order valence-corrected chi connectivity index (χ1v) is 5.64. The molecule has 0 radical (unpaired) electrons. The molecule has 0 aromatic heterocycles. The van der Waals surface area contributed by atoms with Crippen molar-refractivity contribution in [3.63, 3.8) is 0 Å². The van der Waals surface area contributed by atoms with E-state index < -0.39 is 0 Å². The van der Waals surface area contributed by atoms with Crippen LogP contribution in [0.1, 0.15) is 40.5 Å². The monoisotopic (exact) mass is 191 g/mol. The van der Waals surface area contributed by atoms with Crippen molar-refractivity contribution in [3.05, 3.63) is 23.4 Å². The number of nitrogens with zero attached hydrogens (tertiary/aromatic N) is 1. The molecule has 14 heavy (non-hydrogen) atoms. The van der Waals surface area contributed by atoms with E-state index in [2.05, 4.69) is 51.1 Å². The van der Waals surface area contributed by atoms with E-state index in [4.69, 9.17) is 0 Å². The van der Waals surface area contributed by atoms with Crippen LogP contribution in [0.25, 0.3) is 0 Å². The molecule has 78 valence electrons. The number of hydrogen-bond acceptors (Lipinski definition) is 1. The Morgan fingerprint density at radius 2 is 2.07 bits per heavy atom. The van der Waals surface area contributed by atoms with Gasteiger partial charge in [0.25, 0.3) is 0 Å². The summed E-state index contributed by atoms with van der Waals surface area (Å²) in [4.78, 5) is 4.52. The maximum atomic E-state index is 4.52. The zero-order chi connectivity index (χ0) is 10.6. The third kappa shape index (κ3) is 2.57. The van der Waals surface area contributed by atoms with Crippen LogP contribution < -0.4 is 0 Å². The summed E-state index contributed by atoms with van der Waals surface area (Å²) in [6.07, 6.45) is 8.85. The number of aliphatic imine (C=N–C) groups is 1. The van der Waals surface area contributed by atoms with Crippen LogP contribution in [0.2, 0.25) is 0 Å². The number of rotatable bonds is 3. The molecule has 0 amide bonds. The predicted molar refractivity (Wildman–Crippen MR) is 63.6 cm³/mol. The fourth-order valence-electron chi connectivity index (χ4n) is 1.64. The normalized spacial score (nSPS) is 27.7. The van der Waals surface area contributed by atoms with E-state index in [0.717, 1.165) is 12.8 Å². The average Bonchev–Trinajstić information content (AvgIpc) is 2.19. The minimum absolute atomic E-state index is 0.582. The van der Waals surface area contributed by atoms with E-state index in [1.807, 2.05) is 0 Å². The predicted octanol–water partition coefficient (Wildman–Crippen LogP) is 3.97. The average molecular weight is 191 g/mol. The Bertz CT molecular complexity index is 271. The van der Waals surface area contributed by atoms with E-state index in [0.29, 0.717) is 11.8 Å². The summed E-state index contributed by atoms with van der Waals surface area (Å²) in [5.41, 5.74) is 2.59. The lowest BCUT2D eigenvalue weighted by Crippen LogP contribution is -2.12. The fourth-order valence-corrected chi connectivity index (χ4v) is 1.64. The molecule has 2 atom stereocenters.